The number of nitrogens with one attached hydrogen (secondary N) is 2. The van der Waals surface area contributed by atoms with E-state index >= 15 is 0 Å². The van der Waals surface area contributed by atoms with Crippen LogP contribution in [0.5, 0.6) is 0 Å². The second-order valence-electron chi connectivity index (χ2n) is 6.52. The van der Waals surface area contributed by atoms with Gasteiger partial charge in [-0.2, -0.15) is 0 Å². The van der Waals surface area contributed by atoms with Gasteiger partial charge in [0.15, 0.2) is 0 Å². The van der Waals surface area contributed by atoms with Crippen LogP contribution < -0.4 is 10.6 Å². The molecule has 28 heavy (non-hydrogen) atoms. The van der Waals surface area contributed by atoms with Gasteiger partial charge in [-0.25, -0.2) is 0 Å². The molecule has 2 aromatic carbocycles. The average molecular weight is 394 g/mol. The van der Waals surface area contributed by atoms with Gasteiger partial charge in [0.2, 0.25) is 0 Å². The van der Waals surface area contributed by atoms with Gasteiger partial charge in [0.25, 0.3) is 0 Å². The van der Waals surface area contributed by atoms with Gasteiger partial charge in [0, 0.05) is 15.4 Å². The molecule has 144 valence electrons. The van der Waals surface area contributed by atoms with Gasteiger partial charge in [-0.05, 0) is 42.7 Å². The molecule has 2 amide bonds. The Balaban J connectivity index is 1.58. The van der Waals surface area contributed by atoms with Gasteiger partial charge < -0.3 is 15.7 Å². The summed E-state index contributed by atoms with van der Waals surface area (Å²) in [7, 11) is 0. The predicted octanol–water partition coefficient (Wildman–Crippen LogP) is 3.70. The molecule has 3 N–H and O–H groups in total. The number of hydrogen-bond donors (Lipinski definition) is 3. The van der Waals surface area contributed by atoms with Crippen LogP contribution in [-0.2, 0) is 16.1 Å². The number of hydrogen-bond acceptors (Lipinski definition) is 4. The van der Waals surface area contributed by atoms with Crippen molar-refractivity contribution in [3.8, 4) is 0 Å². The van der Waals surface area contributed by atoms with Crippen molar-refractivity contribution in [2.75, 3.05) is 5.32 Å². The zero-order valence-electron chi connectivity index (χ0n) is 15.7. The maximum atomic E-state index is 12.2. The highest BCUT2D eigenvalue weighted by Gasteiger charge is 2.17. The maximum absolute atomic E-state index is 12.2. The van der Waals surface area contributed by atoms with Gasteiger partial charge in [-0.1, -0.05) is 48.5 Å². The number of aliphatic hydroxyl groups excluding tert-OH is 1. The van der Waals surface area contributed by atoms with Crippen LogP contribution in [-0.4, -0.2) is 16.9 Å². The summed E-state index contributed by atoms with van der Waals surface area (Å²) in [5, 5.41) is 15.7. The zero-order valence-corrected chi connectivity index (χ0v) is 16.5. The molecule has 0 radical (unpaired) electrons. The van der Waals surface area contributed by atoms with Crippen LogP contribution in [0.3, 0.4) is 0 Å². The van der Waals surface area contributed by atoms with Crippen LogP contribution in [0.4, 0.5) is 5.69 Å². The van der Waals surface area contributed by atoms with E-state index in [4.69, 9.17) is 0 Å². The van der Waals surface area contributed by atoms with Crippen molar-refractivity contribution in [3.05, 3.63) is 87.1 Å². The van der Waals surface area contributed by atoms with E-state index in [9.17, 15) is 14.7 Å². The number of aliphatic hydroxyl groups is 1. The maximum Gasteiger partial charge on any atom is 0.313 e. The van der Waals surface area contributed by atoms with E-state index in [1.807, 2.05) is 74.5 Å². The van der Waals surface area contributed by atoms with Gasteiger partial charge in [-0.3, -0.25) is 9.59 Å². The van der Waals surface area contributed by atoms with Crippen molar-refractivity contribution < 1.29 is 14.7 Å². The van der Waals surface area contributed by atoms with Crippen molar-refractivity contribution in [1.82, 2.24) is 5.32 Å². The highest BCUT2D eigenvalue weighted by atomic mass is 32.1. The summed E-state index contributed by atoms with van der Waals surface area (Å²) < 4.78 is 0. The Morgan fingerprint density at radius 2 is 1.61 bits per heavy atom. The number of rotatable bonds is 5. The molecule has 1 unspecified atom stereocenters. The van der Waals surface area contributed by atoms with E-state index in [-0.39, 0.29) is 6.54 Å². The van der Waals surface area contributed by atoms with E-state index in [0.29, 0.717) is 5.69 Å². The number of carbonyl (C=O) groups excluding carboxylic acids is 2. The monoisotopic (exact) mass is 394 g/mol. The summed E-state index contributed by atoms with van der Waals surface area (Å²) in [6.45, 7) is 3.99. The lowest BCUT2D eigenvalue weighted by molar-refractivity contribution is -0.136. The van der Waals surface area contributed by atoms with E-state index in [1.54, 1.807) is 0 Å². The molecule has 3 rings (SSSR count). The molecule has 0 spiro atoms. The Kier molecular flexibility index (Phi) is 6.23. The summed E-state index contributed by atoms with van der Waals surface area (Å²) in [6.07, 6.45) is -0.706. The summed E-state index contributed by atoms with van der Waals surface area (Å²) in [5.74, 6) is -1.39. The van der Waals surface area contributed by atoms with Crippen molar-refractivity contribution in [2.24, 2.45) is 0 Å². The fourth-order valence-electron chi connectivity index (χ4n) is 2.87. The summed E-state index contributed by atoms with van der Waals surface area (Å²) in [4.78, 5) is 26.0. The third kappa shape index (κ3) is 4.65. The first-order valence-electron chi connectivity index (χ1n) is 8.92. The number of amides is 2. The predicted molar refractivity (Wildman–Crippen MR) is 111 cm³/mol. The van der Waals surface area contributed by atoms with Gasteiger partial charge in [-0.15, -0.1) is 11.3 Å². The van der Waals surface area contributed by atoms with Gasteiger partial charge in [0.1, 0.15) is 6.10 Å². The molecule has 3 aromatic rings. The molecule has 6 heteroatoms. The minimum absolute atomic E-state index is 0.227. The quantitative estimate of drug-likeness (QED) is 0.578. The fraction of sp³-hybridized carbons (Fsp3) is 0.182. The molecule has 1 aromatic heterocycles. The molecule has 0 aliphatic carbocycles. The Labute approximate surface area is 168 Å². The lowest BCUT2D eigenvalue weighted by Crippen LogP contribution is -2.35. The zero-order chi connectivity index (χ0) is 20.1. The molecule has 5 nitrogen and oxygen atoms in total. The molecule has 0 aliphatic heterocycles. The topological polar surface area (TPSA) is 78.4 Å². The van der Waals surface area contributed by atoms with E-state index in [2.05, 4.69) is 10.6 Å². The summed E-state index contributed by atoms with van der Waals surface area (Å²) in [6, 6.07) is 18.7. The molecule has 1 heterocycles. The third-order valence-corrected chi connectivity index (χ3v) is 5.55. The molecule has 0 fully saturated rings. The molecule has 0 saturated carbocycles. The van der Waals surface area contributed by atoms with E-state index < -0.39 is 17.9 Å². The highest BCUT2D eigenvalue weighted by molar-refractivity contribution is 7.12. The minimum Gasteiger partial charge on any atom is -0.383 e. The van der Waals surface area contributed by atoms with Crippen LogP contribution in [0.1, 0.15) is 32.5 Å². The van der Waals surface area contributed by atoms with Crippen LogP contribution >= 0.6 is 11.3 Å². The molecule has 0 saturated heterocycles. The fourth-order valence-corrected chi connectivity index (χ4v) is 3.83. The van der Waals surface area contributed by atoms with Crippen LogP contribution in [0.2, 0.25) is 0 Å². The second kappa shape index (κ2) is 8.82. The lowest BCUT2D eigenvalue weighted by atomic mass is 10.1. The van der Waals surface area contributed by atoms with Crippen molar-refractivity contribution >= 4 is 28.8 Å². The molecular formula is C22H22N2O3S. The third-order valence-electron chi connectivity index (χ3n) is 4.42. The summed E-state index contributed by atoms with van der Waals surface area (Å²) >= 11 is 1.40. The Morgan fingerprint density at radius 1 is 0.929 bits per heavy atom. The van der Waals surface area contributed by atoms with Crippen LogP contribution in [0, 0.1) is 13.8 Å². The minimum atomic E-state index is -0.706. The first-order valence-corrected chi connectivity index (χ1v) is 9.74. The van der Waals surface area contributed by atoms with Gasteiger partial charge >= 0.3 is 11.8 Å². The van der Waals surface area contributed by atoms with Gasteiger partial charge in [0.05, 0.1) is 6.54 Å². The molecule has 0 aliphatic rings. The number of aryl methyl sites for hydroxylation is 2. The molecule has 1 atom stereocenters. The number of benzene rings is 2. The molecule has 0 bridgehead atoms. The number of carbonyl (C=O) groups is 2. The lowest BCUT2D eigenvalue weighted by Gasteiger charge is -2.11. The Morgan fingerprint density at radius 3 is 2.29 bits per heavy atom. The van der Waals surface area contributed by atoms with Crippen LogP contribution in [0.25, 0.3) is 0 Å². The Hall–Kier alpha value is -2.96. The standard InChI is InChI=1S/C22H22N2O3S/c1-14-7-6-8-15(2)19(14)24-22(27)21(26)23-13-17-11-12-18(28-17)20(25)16-9-4-3-5-10-16/h3-12,20,25H,13H2,1-2H3,(H,23,26)(H,24,27). The number of anilines is 1. The van der Waals surface area contributed by atoms with E-state index in [1.165, 1.54) is 11.3 Å². The average Bonchev–Trinajstić information content (AvgIpc) is 3.18. The van der Waals surface area contributed by atoms with Crippen molar-refractivity contribution in [3.63, 3.8) is 0 Å². The SMILES string of the molecule is Cc1cccc(C)c1NC(=O)C(=O)NCc1ccc(C(O)c2ccccc2)s1. The normalized spacial score (nSPS) is 11.7. The summed E-state index contributed by atoms with van der Waals surface area (Å²) in [5.41, 5.74) is 3.28. The largest absolute Gasteiger partial charge is 0.383 e. The van der Waals surface area contributed by atoms with Crippen molar-refractivity contribution in [1.29, 1.82) is 0 Å². The van der Waals surface area contributed by atoms with E-state index in [0.717, 1.165) is 26.4 Å². The second-order valence-corrected chi connectivity index (χ2v) is 7.72. The number of thiophene rings is 1. The highest BCUT2D eigenvalue weighted by Crippen LogP contribution is 2.28. The Bertz CT molecular complexity index is 962. The van der Waals surface area contributed by atoms with Crippen molar-refractivity contribution in [2.45, 2.75) is 26.5 Å². The number of para-hydroxylation sites is 1. The molecular weight excluding hydrogens is 372 g/mol. The first-order chi connectivity index (χ1) is 13.5. The smallest absolute Gasteiger partial charge is 0.313 e. The first kappa shape index (κ1) is 19.8. The van der Waals surface area contributed by atoms with Crippen LogP contribution in [0.15, 0.2) is 60.7 Å².